The molecule has 0 aliphatic carbocycles. The molecule has 1 amide bonds. The summed E-state index contributed by atoms with van der Waals surface area (Å²) in [7, 11) is 0. The number of carbonyl (C=O) groups excluding carboxylic acids is 1. The fourth-order valence-corrected chi connectivity index (χ4v) is 3.09. The molecule has 25 heavy (non-hydrogen) atoms. The largest absolute Gasteiger partial charge is 0.446 e. The van der Waals surface area contributed by atoms with Crippen LogP contribution in [0.15, 0.2) is 47.6 Å². The minimum absolute atomic E-state index is 0.0649. The average Bonchev–Trinajstić information content (AvgIpc) is 2.61. The van der Waals surface area contributed by atoms with Crippen molar-refractivity contribution in [2.24, 2.45) is 0 Å². The Labute approximate surface area is 146 Å². The lowest BCUT2D eigenvalue weighted by atomic mass is 10.2. The quantitative estimate of drug-likeness (QED) is 0.780. The molecule has 132 valence electrons. The van der Waals surface area contributed by atoms with E-state index in [2.05, 4.69) is 9.97 Å². The van der Waals surface area contributed by atoms with E-state index in [1.807, 2.05) is 4.90 Å². The van der Waals surface area contributed by atoms with Crippen molar-refractivity contribution in [3.63, 3.8) is 0 Å². The van der Waals surface area contributed by atoms with E-state index < -0.39 is 5.51 Å². The molecular weight excluding hydrogens is 353 g/mol. The number of nitrogens with zero attached hydrogens (tertiary/aromatic N) is 4. The van der Waals surface area contributed by atoms with E-state index in [1.54, 1.807) is 23.4 Å². The van der Waals surface area contributed by atoms with E-state index in [9.17, 15) is 18.0 Å². The summed E-state index contributed by atoms with van der Waals surface area (Å²) >= 11 is -0.191. The van der Waals surface area contributed by atoms with E-state index in [0.717, 1.165) is 0 Å². The Morgan fingerprint density at radius 1 is 1.00 bits per heavy atom. The van der Waals surface area contributed by atoms with E-state index in [-0.39, 0.29) is 22.6 Å². The van der Waals surface area contributed by atoms with Crippen molar-refractivity contribution in [1.82, 2.24) is 14.9 Å². The molecule has 0 unspecified atom stereocenters. The average molecular weight is 368 g/mol. The third-order valence-electron chi connectivity index (χ3n) is 3.74. The van der Waals surface area contributed by atoms with Crippen LogP contribution in [0, 0.1) is 0 Å². The molecule has 1 fully saturated rings. The van der Waals surface area contributed by atoms with Gasteiger partial charge < -0.3 is 9.80 Å². The number of carbonyl (C=O) groups is 1. The Balaban J connectivity index is 1.59. The van der Waals surface area contributed by atoms with Gasteiger partial charge in [-0.05, 0) is 42.1 Å². The first kappa shape index (κ1) is 17.5. The monoisotopic (exact) mass is 368 g/mol. The van der Waals surface area contributed by atoms with E-state index in [1.165, 1.54) is 24.3 Å². The van der Waals surface area contributed by atoms with Crippen LogP contribution in [0.25, 0.3) is 0 Å². The maximum Gasteiger partial charge on any atom is 0.446 e. The van der Waals surface area contributed by atoms with Gasteiger partial charge in [-0.15, -0.1) is 0 Å². The van der Waals surface area contributed by atoms with Crippen molar-refractivity contribution in [1.29, 1.82) is 0 Å². The topological polar surface area (TPSA) is 49.3 Å². The second kappa shape index (κ2) is 7.30. The van der Waals surface area contributed by atoms with Crippen molar-refractivity contribution in [3.05, 3.63) is 48.3 Å². The Kier molecular flexibility index (Phi) is 5.12. The van der Waals surface area contributed by atoms with Crippen LogP contribution < -0.4 is 4.90 Å². The number of piperazine rings is 1. The second-order valence-corrected chi connectivity index (χ2v) is 6.54. The molecule has 0 saturated carbocycles. The zero-order valence-corrected chi connectivity index (χ0v) is 13.9. The molecule has 1 aromatic carbocycles. The zero-order chi connectivity index (χ0) is 17.9. The summed E-state index contributed by atoms with van der Waals surface area (Å²) < 4.78 is 37.0. The number of benzene rings is 1. The number of amides is 1. The minimum Gasteiger partial charge on any atom is -0.337 e. The number of halogens is 3. The summed E-state index contributed by atoms with van der Waals surface area (Å²) in [6.07, 6.45) is 3.33. The van der Waals surface area contributed by atoms with Crippen molar-refractivity contribution in [2.45, 2.75) is 10.4 Å². The van der Waals surface area contributed by atoms with Crippen molar-refractivity contribution in [3.8, 4) is 0 Å². The first-order valence-electron chi connectivity index (χ1n) is 7.59. The molecule has 0 N–H and O–H groups in total. The van der Waals surface area contributed by atoms with Crippen LogP contribution >= 0.6 is 11.8 Å². The van der Waals surface area contributed by atoms with Crippen LogP contribution in [0.2, 0.25) is 0 Å². The molecular formula is C16H15F3N4OS. The molecule has 0 atom stereocenters. The number of rotatable bonds is 3. The molecule has 1 aliphatic heterocycles. The van der Waals surface area contributed by atoms with Crippen molar-refractivity contribution in [2.75, 3.05) is 31.1 Å². The van der Waals surface area contributed by atoms with Crippen LogP contribution in [0.4, 0.5) is 19.1 Å². The Morgan fingerprint density at radius 3 is 2.16 bits per heavy atom. The van der Waals surface area contributed by atoms with Gasteiger partial charge >= 0.3 is 5.51 Å². The lowest BCUT2D eigenvalue weighted by Crippen LogP contribution is -2.49. The van der Waals surface area contributed by atoms with Crippen LogP contribution in [0.5, 0.6) is 0 Å². The van der Waals surface area contributed by atoms with Gasteiger partial charge in [-0.1, -0.05) is 0 Å². The lowest BCUT2D eigenvalue weighted by molar-refractivity contribution is -0.0328. The third kappa shape index (κ3) is 4.62. The highest BCUT2D eigenvalue weighted by atomic mass is 32.2. The van der Waals surface area contributed by atoms with Crippen LogP contribution in [0.3, 0.4) is 0 Å². The first-order chi connectivity index (χ1) is 11.9. The summed E-state index contributed by atoms with van der Waals surface area (Å²) in [5, 5.41) is 0. The fourth-order valence-electron chi connectivity index (χ4n) is 2.55. The maximum absolute atomic E-state index is 12.5. The molecule has 3 rings (SSSR count). The summed E-state index contributed by atoms with van der Waals surface area (Å²) in [4.78, 5) is 24.6. The highest BCUT2D eigenvalue weighted by Crippen LogP contribution is 2.36. The summed E-state index contributed by atoms with van der Waals surface area (Å²) in [6, 6.07) is 7.25. The number of alkyl halides is 3. The molecule has 2 aromatic rings. The maximum atomic E-state index is 12.5. The molecule has 0 radical (unpaired) electrons. The Bertz CT molecular complexity index is 716. The fraction of sp³-hybridized carbons (Fsp3) is 0.312. The molecule has 5 nitrogen and oxygen atoms in total. The van der Waals surface area contributed by atoms with Crippen molar-refractivity contribution < 1.29 is 18.0 Å². The normalized spacial score (nSPS) is 15.3. The van der Waals surface area contributed by atoms with Gasteiger partial charge in [-0.25, -0.2) is 9.97 Å². The van der Waals surface area contributed by atoms with Crippen LogP contribution in [-0.4, -0.2) is 52.5 Å². The SMILES string of the molecule is O=C(c1ccc(SC(F)(F)F)cc1)N1CCN(c2ncccn2)CC1. The summed E-state index contributed by atoms with van der Waals surface area (Å²) in [5.41, 5.74) is -3.95. The Hall–Kier alpha value is -2.29. The number of anilines is 1. The Morgan fingerprint density at radius 2 is 1.60 bits per heavy atom. The number of hydrogen-bond acceptors (Lipinski definition) is 5. The van der Waals surface area contributed by atoms with E-state index in [0.29, 0.717) is 37.7 Å². The van der Waals surface area contributed by atoms with E-state index >= 15 is 0 Å². The summed E-state index contributed by atoms with van der Waals surface area (Å²) in [6.45, 7) is 2.24. The van der Waals surface area contributed by atoms with Gasteiger partial charge in [0.05, 0.1) is 0 Å². The molecule has 1 aromatic heterocycles. The van der Waals surface area contributed by atoms with Crippen molar-refractivity contribution >= 4 is 23.6 Å². The molecule has 2 heterocycles. The molecule has 0 bridgehead atoms. The predicted octanol–water partition coefficient (Wildman–Crippen LogP) is 3.05. The predicted molar refractivity (Wildman–Crippen MR) is 88.5 cm³/mol. The summed E-state index contributed by atoms with van der Waals surface area (Å²) in [5.74, 6) is 0.445. The van der Waals surface area contributed by atoms with Gasteiger partial charge in [0.15, 0.2) is 0 Å². The number of hydrogen-bond donors (Lipinski definition) is 0. The first-order valence-corrected chi connectivity index (χ1v) is 8.41. The van der Waals surface area contributed by atoms with Gasteiger partial charge in [-0.3, -0.25) is 4.79 Å². The van der Waals surface area contributed by atoms with Crippen LogP contribution in [0.1, 0.15) is 10.4 Å². The van der Waals surface area contributed by atoms with Gasteiger partial charge in [0.1, 0.15) is 0 Å². The second-order valence-electron chi connectivity index (χ2n) is 5.40. The number of thioether (sulfide) groups is 1. The minimum atomic E-state index is -4.33. The van der Waals surface area contributed by atoms with Gasteiger partial charge in [-0.2, -0.15) is 13.2 Å². The highest BCUT2D eigenvalue weighted by Gasteiger charge is 2.29. The smallest absolute Gasteiger partial charge is 0.337 e. The molecule has 1 saturated heterocycles. The van der Waals surface area contributed by atoms with Gasteiger partial charge in [0.25, 0.3) is 5.91 Å². The van der Waals surface area contributed by atoms with E-state index in [4.69, 9.17) is 0 Å². The van der Waals surface area contributed by atoms with Gasteiger partial charge in [0, 0.05) is 49.0 Å². The zero-order valence-electron chi connectivity index (χ0n) is 13.1. The number of aromatic nitrogens is 2. The highest BCUT2D eigenvalue weighted by molar-refractivity contribution is 8.00. The molecule has 1 aliphatic rings. The van der Waals surface area contributed by atoms with Crippen LogP contribution in [-0.2, 0) is 0 Å². The molecule has 9 heteroatoms. The third-order valence-corrected chi connectivity index (χ3v) is 4.48. The lowest BCUT2D eigenvalue weighted by Gasteiger charge is -2.34. The van der Waals surface area contributed by atoms with Gasteiger partial charge in [0.2, 0.25) is 5.95 Å². The standard InChI is InChI=1S/C16H15F3N4OS/c17-16(18,19)25-13-4-2-12(3-5-13)14(24)22-8-10-23(11-9-22)15-20-6-1-7-21-15/h1-7H,8-11H2. The molecule has 0 spiro atoms.